The lowest BCUT2D eigenvalue weighted by Crippen LogP contribution is -2.32. The number of nitrogens with one attached hydrogen (secondary N) is 1. The van der Waals surface area contributed by atoms with Crippen LogP contribution in [0.4, 0.5) is 30.7 Å². The number of halogens is 7. The fraction of sp³-hybridized carbons (Fsp3) is 0.611. The number of carbonyl (C=O) groups is 1. The van der Waals surface area contributed by atoms with Gasteiger partial charge in [0.05, 0.1) is 18.1 Å². The summed E-state index contributed by atoms with van der Waals surface area (Å²) in [6.07, 6.45) is -5.39. The highest BCUT2D eigenvalue weighted by atomic mass is 19.4. The zero-order valence-corrected chi connectivity index (χ0v) is 15.2. The van der Waals surface area contributed by atoms with E-state index in [0.29, 0.717) is 0 Å². The first kappa shape index (κ1) is 23.2. The first-order valence-electron chi connectivity index (χ1n) is 8.83. The van der Waals surface area contributed by atoms with Gasteiger partial charge in [-0.25, -0.2) is 0 Å². The molecule has 1 saturated carbocycles. The molecule has 11 heteroatoms. The minimum atomic E-state index is -4.39. The Labute approximate surface area is 162 Å². The molecular formula is C18H20F7NO3. The number of benzene rings is 1. The minimum absolute atomic E-state index is 0.0392. The summed E-state index contributed by atoms with van der Waals surface area (Å²) in [4.78, 5) is 12.2. The number of hydrogen-bond acceptors (Lipinski definition) is 3. The van der Waals surface area contributed by atoms with Crippen LogP contribution in [-0.2, 0) is 9.53 Å². The van der Waals surface area contributed by atoms with Crippen LogP contribution in [0.3, 0.4) is 0 Å². The highest BCUT2D eigenvalue weighted by Crippen LogP contribution is 2.60. The molecule has 4 nitrogen and oxygen atoms in total. The topological polar surface area (TPSA) is 47.6 Å². The fourth-order valence-electron chi connectivity index (χ4n) is 2.95. The van der Waals surface area contributed by atoms with Crippen molar-refractivity contribution in [3.8, 4) is 5.75 Å². The van der Waals surface area contributed by atoms with Gasteiger partial charge >= 0.3 is 19.4 Å². The van der Waals surface area contributed by atoms with Crippen LogP contribution in [0.25, 0.3) is 0 Å². The highest BCUT2D eigenvalue weighted by molar-refractivity contribution is 5.76. The van der Waals surface area contributed by atoms with Gasteiger partial charge in [0.1, 0.15) is 5.75 Å². The zero-order chi connectivity index (χ0) is 21.7. The third kappa shape index (κ3) is 7.06. The third-order valence-electron chi connectivity index (χ3n) is 4.76. The summed E-state index contributed by atoms with van der Waals surface area (Å²) in [7, 11) is 0. The molecule has 1 N–H and O–H groups in total. The molecule has 1 atom stereocenters. The van der Waals surface area contributed by atoms with Crippen LogP contribution in [0.2, 0.25) is 0 Å². The number of alkyl halides is 7. The van der Waals surface area contributed by atoms with Gasteiger partial charge in [0, 0.05) is 6.42 Å². The van der Waals surface area contributed by atoms with Gasteiger partial charge in [-0.1, -0.05) is 12.1 Å². The Morgan fingerprint density at radius 3 is 2.38 bits per heavy atom. The zero-order valence-electron chi connectivity index (χ0n) is 15.2. The van der Waals surface area contributed by atoms with E-state index < -0.39 is 49.8 Å². The maximum absolute atomic E-state index is 13.0. The molecule has 1 aromatic carbocycles. The van der Waals surface area contributed by atoms with Gasteiger partial charge in [0.15, 0.2) is 0 Å². The van der Waals surface area contributed by atoms with Gasteiger partial charge in [-0.05, 0) is 43.4 Å². The summed E-state index contributed by atoms with van der Waals surface area (Å²) in [6.45, 7) is -6.59. The van der Waals surface area contributed by atoms with Crippen LogP contribution in [0.15, 0.2) is 24.3 Å². The number of ether oxygens (including phenoxy) is 2. The molecule has 29 heavy (non-hydrogen) atoms. The van der Waals surface area contributed by atoms with E-state index in [9.17, 15) is 35.5 Å². The van der Waals surface area contributed by atoms with E-state index in [1.807, 2.05) is 0 Å². The predicted molar refractivity (Wildman–Crippen MR) is 87.5 cm³/mol. The van der Waals surface area contributed by atoms with Crippen molar-refractivity contribution in [3.05, 3.63) is 29.8 Å². The molecule has 0 heterocycles. The van der Waals surface area contributed by atoms with E-state index in [-0.39, 0.29) is 37.0 Å². The van der Waals surface area contributed by atoms with Crippen LogP contribution >= 0.6 is 0 Å². The quantitative estimate of drug-likeness (QED) is 0.490. The normalized spacial score (nSPS) is 16.7. The lowest BCUT2D eigenvalue weighted by molar-refractivity contribution is -0.189. The standard InChI is InChI=1S/C18H20F7NO3/c19-15(20)28-9-5-13(11-2-1-3-12(10-11)29-16(21)22)26-14(27)4-6-17(7-8-17)18(23,24)25/h1-3,10,13,15-16H,4-9H2,(H,26,27)/t13-/m0/s1. The maximum atomic E-state index is 13.0. The average Bonchev–Trinajstić information content (AvgIpc) is 3.39. The third-order valence-corrected chi connectivity index (χ3v) is 4.76. The Morgan fingerprint density at radius 1 is 1.14 bits per heavy atom. The number of rotatable bonds is 11. The highest BCUT2D eigenvalue weighted by Gasteiger charge is 2.62. The Morgan fingerprint density at radius 2 is 1.83 bits per heavy atom. The minimum Gasteiger partial charge on any atom is -0.435 e. The van der Waals surface area contributed by atoms with Crippen molar-refractivity contribution in [1.29, 1.82) is 0 Å². The Balaban J connectivity index is 2.02. The number of amides is 1. The monoisotopic (exact) mass is 431 g/mol. The molecule has 0 radical (unpaired) electrons. The van der Waals surface area contributed by atoms with Crippen LogP contribution < -0.4 is 10.1 Å². The molecule has 1 aliphatic rings. The molecule has 1 fully saturated rings. The average molecular weight is 431 g/mol. The second-order valence-electron chi connectivity index (χ2n) is 6.77. The largest absolute Gasteiger partial charge is 0.435 e. The van der Waals surface area contributed by atoms with E-state index in [1.165, 1.54) is 24.3 Å². The van der Waals surface area contributed by atoms with Crippen molar-refractivity contribution in [2.45, 2.75) is 57.5 Å². The molecular weight excluding hydrogens is 411 g/mol. The van der Waals surface area contributed by atoms with Gasteiger partial charge in [-0.3, -0.25) is 4.79 Å². The van der Waals surface area contributed by atoms with Gasteiger partial charge < -0.3 is 14.8 Å². The lowest BCUT2D eigenvalue weighted by atomic mass is 9.98. The second-order valence-corrected chi connectivity index (χ2v) is 6.77. The van der Waals surface area contributed by atoms with Crippen molar-refractivity contribution < 1.29 is 45.0 Å². The maximum Gasteiger partial charge on any atom is 0.394 e. The van der Waals surface area contributed by atoms with Crippen molar-refractivity contribution in [3.63, 3.8) is 0 Å². The molecule has 0 bridgehead atoms. The molecule has 1 amide bonds. The van der Waals surface area contributed by atoms with Crippen LogP contribution in [0, 0.1) is 5.41 Å². The molecule has 0 spiro atoms. The SMILES string of the molecule is O=C(CCC1(C(F)(F)F)CC1)N[C@@H](CCOC(F)F)c1cccc(OC(F)F)c1. The summed E-state index contributed by atoms with van der Waals surface area (Å²) >= 11 is 0. The summed E-state index contributed by atoms with van der Waals surface area (Å²) in [5.41, 5.74) is -1.57. The van der Waals surface area contributed by atoms with Gasteiger partial charge in [-0.2, -0.15) is 30.7 Å². The van der Waals surface area contributed by atoms with Crippen LogP contribution in [0.1, 0.15) is 43.7 Å². The van der Waals surface area contributed by atoms with Gasteiger partial charge in [0.2, 0.25) is 5.91 Å². The number of hydrogen-bond donors (Lipinski definition) is 1. The number of carbonyl (C=O) groups excluding carboxylic acids is 1. The Bertz CT molecular complexity index is 678. The van der Waals surface area contributed by atoms with Crippen LogP contribution in [0.5, 0.6) is 5.75 Å². The molecule has 0 saturated heterocycles. The molecule has 164 valence electrons. The molecule has 2 rings (SSSR count). The fourth-order valence-corrected chi connectivity index (χ4v) is 2.95. The van der Waals surface area contributed by atoms with Crippen molar-refractivity contribution in [2.24, 2.45) is 5.41 Å². The van der Waals surface area contributed by atoms with Crippen molar-refractivity contribution >= 4 is 5.91 Å². The summed E-state index contributed by atoms with van der Waals surface area (Å²) in [6, 6.07) is 4.32. The van der Waals surface area contributed by atoms with E-state index in [1.54, 1.807) is 0 Å². The van der Waals surface area contributed by atoms with Gasteiger partial charge in [0.25, 0.3) is 0 Å². The Kier molecular flexibility index (Phi) is 7.73. The lowest BCUT2D eigenvalue weighted by Gasteiger charge is -2.22. The van der Waals surface area contributed by atoms with Gasteiger partial charge in [-0.15, -0.1) is 0 Å². The van der Waals surface area contributed by atoms with E-state index >= 15 is 0 Å². The summed E-state index contributed by atoms with van der Waals surface area (Å²) in [5, 5.41) is 2.47. The molecule has 0 unspecified atom stereocenters. The van der Waals surface area contributed by atoms with Crippen molar-refractivity contribution in [1.82, 2.24) is 5.32 Å². The van der Waals surface area contributed by atoms with E-state index in [4.69, 9.17) is 0 Å². The second kappa shape index (κ2) is 9.64. The molecule has 1 aromatic rings. The Hall–Kier alpha value is -2.04. The molecule has 0 aliphatic heterocycles. The summed E-state index contributed by atoms with van der Waals surface area (Å²) < 4.78 is 96.5. The first-order valence-corrected chi connectivity index (χ1v) is 8.83. The smallest absolute Gasteiger partial charge is 0.394 e. The van der Waals surface area contributed by atoms with E-state index in [2.05, 4.69) is 14.8 Å². The van der Waals surface area contributed by atoms with Crippen molar-refractivity contribution in [2.75, 3.05) is 6.61 Å². The van der Waals surface area contributed by atoms with E-state index in [0.717, 1.165) is 0 Å². The molecule has 0 aromatic heterocycles. The van der Waals surface area contributed by atoms with Crippen LogP contribution in [-0.4, -0.2) is 31.9 Å². The predicted octanol–water partition coefficient (Wildman–Crippen LogP) is 5.20. The summed E-state index contributed by atoms with van der Waals surface area (Å²) in [5.74, 6) is -0.914. The first-order chi connectivity index (χ1) is 13.5. The molecule has 1 aliphatic carbocycles.